The van der Waals surface area contributed by atoms with Gasteiger partial charge in [-0.3, -0.25) is 9.59 Å². The molecule has 1 unspecified atom stereocenters. The molecule has 19 heavy (non-hydrogen) atoms. The molecule has 0 aromatic carbocycles. The van der Waals surface area contributed by atoms with Crippen molar-refractivity contribution >= 4 is 21.7 Å². The topological polar surface area (TPSA) is 91.8 Å². The molecular formula is C12H19NO5S. The summed E-state index contributed by atoms with van der Waals surface area (Å²) in [4.78, 5) is 24.7. The lowest BCUT2D eigenvalue weighted by Crippen LogP contribution is -2.53. The van der Waals surface area contributed by atoms with Crippen molar-refractivity contribution in [3.8, 4) is 0 Å². The van der Waals surface area contributed by atoms with Crippen LogP contribution in [-0.2, 0) is 19.4 Å². The Balaban J connectivity index is 2.11. The molecule has 1 aliphatic heterocycles. The minimum absolute atomic E-state index is 0.0444. The van der Waals surface area contributed by atoms with Gasteiger partial charge >= 0.3 is 5.97 Å². The van der Waals surface area contributed by atoms with E-state index in [9.17, 15) is 18.0 Å². The van der Waals surface area contributed by atoms with Crippen LogP contribution in [0.1, 0.15) is 32.1 Å². The Hall–Kier alpha value is -1.11. The number of rotatable bonds is 3. The van der Waals surface area contributed by atoms with Gasteiger partial charge in [0.15, 0.2) is 9.84 Å². The normalized spacial score (nSPS) is 27.4. The van der Waals surface area contributed by atoms with Crippen LogP contribution >= 0.6 is 0 Å². The van der Waals surface area contributed by atoms with Crippen molar-refractivity contribution in [3.63, 3.8) is 0 Å². The van der Waals surface area contributed by atoms with Crippen LogP contribution in [0.4, 0.5) is 0 Å². The van der Waals surface area contributed by atoms with Gasteiger partial charge in [0.2, 0.25) is 5.91 Å². The third kappa shape index (κ3) is 3.46. The predicted octanol–water partition coefficient (Wildman–Crippen LogP) is 0.277. The molecule has 2 fully saturated rings. The van der Waals surface area contributed by atoms with Gasteiger partial charge in [-0.1, -0.05) is 12.8 Å². The number of sulfone groups is 1. The van der Waals surface area contributed by atoms with E-state index in [0.717, 1.165) is 25.7 Å². The minimum atomic E-state index is -3.22. The fourth-order valence-electron chi connectivity index (χ4n) is 2.95. The molecule has 1 saturated heterocycles. The summed E-state index contributed by atoms with van der Waals surface area (Å²) in [7, 11) is -3.22. The number of carboxylic acids is 1. The summed E-state index contributed by atoms with van der Waals surface area (Å²) in [5.74, 6) is -1.44. The SMILES string of the molecule is O=C(O)CC1CS(=O)(=O)CCN1C(=O)C1CCCC1. The second kappa shape index (κ2) is 5.48. The van der Waals surface area contributed by atoms with Crippen LogP contribution in [0.15, 0.2) is 0 Å². The summed E-state index contributed by atoms with van der Waals surface area (Å²) in [6.45, 7) is 0.135. The Morgan fingerprint density at radius 1 is 1.21 bits per heavy atom. The van der Waals surface area contributed by atoms with E-state index in [1.807, 2.05) is 0 Å². The summed E-state index contributed by atoms with van der Waals surface area (Å²) in [5, 5.41) is 8.87. The van der Waals surface area contributed by atoms with Crippen LogP contribution in [0.3, 0.4) is 0 Å². The van der Waals surface area contributed by atoms with E-state index < -0.39 is 21.8 Å². The van der Waals surface area contributed by atoms with Crippen LogP contribution in [0, 0.1) is 5.92 Å². The molecule has 7 heteroatoms. The van der Waals surface area contributed by atoms with Gasteiger partial charge in [0, 0.05) is 12.5 Å². The van der Waals surface area contributed by atoms with Gasteiger partial charge in [0.25, 0.3) is 0 Å². The van der Waals surface area contributed by atoms with E-state index >= 15 is 0 Å². The maximum atomic E-state index is 12.3. The van der Waals surface area contributed by atoms with Crippen molar-refractivity contribution in [2.75, 3.05) is 18.1 Å². The lowest BCUT2D eigenvalue weighted by molar-refractivity contribution is -0.142. The highest BCUT2D eigenvalue weighted by molar-refractivity contribution is 7.91. The molecule has 1 N–H and O–H groups in total. The third-order valence-corrected chi connectivity index (χ3v) is 5.63. The Labute approximate surface area is 112 Å². The number of carbonyl (C=O) groups excluding carboxylic acids is 1. The van der Waals surface area contributed by atoms with E-state index in [-0.39, 0.29) is 36.3 Å². The van der Waals surface area contributed by atoms with Gasteiger partial charge in [-0.05, 0) is 12.8 Å². The second-order valence-electron chi connectivity index (χ2n) is 5.38. The Kier molecular flexibility index (Phi) is 4.13. The lowest BCUT2D eigenvalue weighted by atomic mass is 10.0. The highest BCUT2D eigenvalue weighted by atomic mass is 32.2. The molecule has 1 heterocycles. The first-order valence-electron chi connectivity index (χ1n) is 6.62. The quantitative estimate of drug-likeness (QED) is 0.805. The maximum absolute atomic E-state index is 12.3. The zero-order valence-electron chi connectivity index (χ0n) is 10.7. The first kappa shape index (κ1) is 14.3. The Bertz CT molecular complexity index is 467. The lowest BCUT2D eigenvalue weighted by Gasteiger charge is -2.36. The Morgan fingerprint density at radius 2 is 1.84 bits per heavy atom. The monoisotopic (exact) mass is 289 g/mol. The van der Waals surface area contributed by atoms with E-state index in [4.69, 9.17) is 5.11 Å². The molecule has 1 saturated carbocycles. The fraction of sp³-hybridized carbons (Fsp3) is 0.833. The molecule has 1 atom stereocenters. The minimum Gasteiger partial charge on any atom is -0.481 e. The summed E-state index contributed by atoms with van der Waals surface area (Å²) in [5.41, 5.74) is 0. The van der Waals surface area contributed by atoms with Crippen LogP contribution in [0.2, 0.25) is 0 Å². The number of amides is 1. The van der Waals surface area contributed by atoms with Crippen molar-refractivity contribution in [3.05, 3.63) is 0 Å². The summed E-state index contributed by atoms with van der Waals surface area (Å²) in [6.07, 6.45) is 3.42. The van der Waals surface area contributed by atoms with Crippen molar-refractivity contribution in [1.82, 2.24) is 4.90 Å². The van der Waals surface area contributed by atoms with E-state index in [0.29, 0.717) is 0 Å². The molecule has 0 aromatic rings. The molecule has 0 aromatic heterocycles. The summed E-state index contributed by atoms with van der Waals surface area (Å²) < 4.78 is 23.2. The first-order valence-corrected chi connectivity index (χ1v) is 8.44. The zero-order valence-corrected chi connectivity index (χ0v) is 11.6. The van der Waals surface area contributed by atoms with Gasteiger partial charge in [-0.15, -0.1) is 0 Å². The summed E-state index contributed by atoms with van der Waals surface area (Å²) >= 11 is 0. The standard InChI is InChI=1S/C12H19NO5S/c14-11(15)7-10-8-19(17,18)6-5-13(10)12(16)9-3-1-2-4-9/h9-10H,1-8H2,(H,14,15). The smallest absolute Gasteiger partial charge is 0.305 e. The molecule has 1 aliphatic carbocycles. The van der Waals surface area contributed by atoms with Crippen LogP contribution in [0.5, 0.6) is 0 Å². The maximum Gasteiger partial charge on any atom is 0.305 e. The number of carboxylic acid groups (broad SMARTS) is 1. The molecule has 0 radical (unpaired) electrons. The second-order valence-corrected chi connectivity index (χ2v) is 7.61. The molecule has 1 amide bonds. The number of carbonyl (C=O) groups is 2. The van der Waals surface area contributed by atoms with Gasteiger partial charge in [0.05, 0.1) is 24.0 Å². The highest BCUT2D eigenvalue weighted by Gasteiger charge is 2.38. The van der Waals surface area contributed by atoms with Crippen molar-refractivity contribution < 1.29 is 23.1 Å². The molecule has 0 bridgehead atoms. The fourth-order valence-corrected chi connectivity index (χ4v) is 4.48. The third-order valence-electron chi connectivity index (χ3n) is 3.93. The number of hydrogen-bond donors (Lipinski definition) is 1. The van der Waals surface area contributed by atoms with Gasteiger partial charge in [0.1, 0.15) is 0 Å². The predicted molar refractivity (Wildman–Crippen MR) is 68.4 cm³/mol. The Morgan fingerprint density at radius 3 is 2.42 bits per heavy atom. The van der Waals surface area contributed by atoms with Crippen LogP contribution < -0.4 is 0 Å². The summed E-state index contributed by atoms with van der Waals surface area (Å²) in [6, 6.07) is -0.704. The molecule has 0 spiro atoms. The number of hydrogen-bond acceptors (Lipinski definition) is 4. The zero-order chi connectivity index (χ0) is 14.0. The average Bonchev–Trinajstić information content (AvgIpc) is 2.79. The van der Waals surface area contributed by atoms with Gasteiger partial charge in [-0.25, -0.2) is 8.42 Å². The van der Waals surface area contributed by atoms with Gasteiger partial charge in [-0.2, -0.15) is 0 Å². The molecule has 2 rings (SSSR count). The van der Waals surface area contributed by atoms with Crippen molar-refractivity contribution in [1.29, 1.82) is 0 Å². The average molecular weight is 289 g/mol. The largest absolute Gasteiger partial charge is 0.481 e. The number of aliphatic carboxylic acids is 1. The van der Waals surface area contributed by atoms with E-state index in [1.165, 1.54) is 4.90 Å². The molecular weight excluding hydrogens is 270 g/mol. The van der Waals surface area contributed by atoms with Crippen molar-refractivity contribution in [2.45, 2.75) is 38.1 Å². The van der Waals surface area contributed by atoms with Crippen molar-refractivity contribution in [2.24, 2.45) is 5.92 Å². The molecule has 2 aliphatic rings. The first-order chi connectivity index (χ1) is 8.89. The van der Waals surface area contributed by atoms with Crippen LogP contribution in [-0.4, -0.2) is 54.4 Å². The van der Waals surface area contributed by atoms with Gasteiger partial charge < -0.3 is 10.0 Å². The van der Waals surface area contributed by atoms with Crippen LogP contribution in [0.25, 0.3) is 0 Å². The van der Waals surface area contributed by atoms with E-state index in [1.54, 1.807) is 0 Å². The van der Waals surface area contributed by atoms with E-state index in [2.05, 4.69) is 0 Å². The highest BCUT2D eigenvalue weighted by Crippen LogP contribution is 2.28. The number of nitrogens with zero attached hydrogens (tertiary/aromatic N) is 1. The molecule has 108 valence electrons. The molecule has 6 nitrogen and oxygen atoms in total.